The predicted molar refractivity (Wildman–Crippen MR) is 111 cm³/mol. The van der Waals surface area contributed by atoms with E-state index in [1.807, 2.05) is 18.7 Å². The summed E-state index contributed by atoms with van der Waals surface area (Å²) in [6.45, 7) is 5.14. The molecule has 3 N–H and O–H groups in total. The van der Waals surface area contributed by atoms with Crippen LogP contribution in [0.15, 0.2) is 34.5 Å². The number of aliphatic carboxylic acids is 1. The van der Waals surface area contributed by atoms with E-state index in [9.17, 15) is 31.5 Å². The molecule has 14 heteroatoms. The van der Waals surface area contributed by atoms with Gasteiger partial charge < -0.3 is 15.1 Å². The molecule has 172 valence electrons. The van der Waals surface area contributed by atoms with Gasteiger partial charge in [0.25, 0.3) is 10.0 Å². The lowest BCUT2D eigenvalue weighted by atomic mass is 10.1. The maximum atomic E-state index is 12.3. The standard InChI is InChI=1S/C15H17ClN2O4S2.C2HF3O2/c1-3-18(4-2)12-6-5-10(9-11(12)15(19)20)17-24(21,22)14-8-7-13(16)23-14;3-2(4,5)1(6)7/h5-9,17H,3-4H2,1-2H3,(H,19,20);(H,6,7). The number of hydrogen-bond donors (Lipinski definition) is 3. The molecule has 0 saturated heterocycles. The highest BCUT2D eigenvalue weighted by atomic mass is 35.5. The largest absolute Gasteiger partial charge is 0.490 e. The number of hydrogen-bond acceptors (Lipinski definition) is 6. The van der Waals surface area contributed by atoms with Crippen LogP contribution >= 0.6 is 22.9 Å². The van der Waals surface area contributed by atoms with E-state index in [1.165, 1.54) is 18.2 Å². The summed E-state index contributed by atoms with van der Waals surface area (Å²) < 4.78 is 59.2. The van der Waals surface area contributed by atoms with Gasteiger partial charge in [0.15, 0.2) is 0 Å². The summed E-state index contributed by atoms with van der Waals surface area (Å²) in [5.74, 6) is -3.87. The Balaban J connectivity index is 0.000000592. The van der Waals surface area contributed by atoms with E-state index in [0.717, 1.165) is 11.3 Å². The molecule has 31 heavy (non-hydrogen) atoms. The number of nitrogens with one attached hydrogen (secondary N) is 1. The summed E-state index contributed by atoms with van der Waals surface area (Å²) in [5.41, 5.74) is 0.783. The summed E-state index contributed by atoms with van der Waals surface area (Å²) in [6, 6.07) is 7.37. The molecule has 0 aliphatic rings. The third-order valence-corrected chi connectivity index (χ3v) is 6.74. The average molecular weight is 503 g/mol. The van der Waals surface area contributed by atoms with Gasteiger partial charge in [0, 0.05) is 18.8 Å². The first-order chi connectivity index (χ1) is 14.2. The zero-order valence-electron chi connectivity index (χ0n) is 16.1. The number of sulfonamides is 1. The van der Waals surface area contributed by atoms with Crippen LogP contribution in [0.1, 0.15) is 24.2 Å². The Morgan fingerprint density at radius 2 is 1.68 bits per heavy atom. The van der Waals surface area contributed by atoms with Gasteiger partial charge in [0.2, 0.25) is 0 Å². The molecule has 0 aliphatic heterocycles. The molecule has 2 rings (SSSR count). The van der Waals surface area contributed by atoms with Gasteiger partial charge >= 0.3 is 18.1 Å². The van der Waals surface area contributed by atoms with Gasteiger partial charge in [0.05, 0.1) is 15.6 Å². The minimum atomic E-state index is -5.08. The van der Waals surface area contributed by atoms with Crippen LogP contribution in [0.2, 0.25) is 4.34 Å². The molecule has 0 aliphatic carbocycles. The number of rotatable bonds is 7. The van der Waals surface area contributed by atoms with Crippen molar-refractivity contribution < 1.29 is 41.4 Å². The van der Waals surface area contributed by atoms with Crippen LogP contribution in [-0.2, 0) is 14.8 Å². The topological polar surface area (TPSA) is 124 Å². The van der Waals surface area contributed by atoms with Gasteiger partial charge in [-0.25, -0.2) is 18.0 Å². The molecule has 1 aromatic carbocycles. The van der Waals surface area contributed by atoms with Crippen molar-refractivity contribution in [3.05, 3.63) is 40.2 Å². The normalized spacial score (nSPS) is 11.3. The maximum Gasteiger partial charge on any atom is 0.490 e. The fraction of sp³-hybridized carbons (Fsp3) is 0.294. The maximum absolute atomic E-state index is 12.3. The Hall–Kier alpha value is -2.51. The van der Waals surface area contributed by atoms with Crippen molar-refractivity contribution in [2.45, 2.75) is 24.2 Å². The number of halogens is 4. The predicted octanol–water partition coefficient (Wildman–Crippen LogP) is 4.38. The van der Waals surface area contributed by atoms with Crippen molar-refractivity contribution >= 4 is 56.3 Å². The number of carboxylic acid groups (broad SMARTS) is 2. The number of carbonyl (C=O) groups is 2. The summed E-state index contributed by atoms with van der Waals surface area (Å²) in [5, 5.41) is 16.6. The Kier molecular flexibility index (Phi) is 9.14. The van der Waals surface area contributed by atoms with Crippen LogP contribution in [0.5, 0.6) is 0 Å². The molecule has 0 unspecified atom stereocenters. The van der Waals surface area contributed by atoms with E-state index in [2.05, 4.69) is 4.72 Å². The number of thiophene rings is 1. The lowest BCUT2D eigenvalue weighted by molar-refractivity contribution is -0.192. The fourth-order valence-corrected chi connectivity index (χ4v) is 4.79. The third kappa shape index (κ3) is 7.60. The molecule has 0 amide bonds. The Bertz CT molecular complexity index is 1040. The Morgan fingerprint density at radius 1 is 1.13 bits per heavy atom. The molecule has 0 bridgehead atoms. The first kappa shape index (κ1) is 26.5. The quantitative estimate of drug-likeness (QED) is 0.513. The number of anilines is 2. The molecule has 0 fully saturated rings. The van der Waals surface area contributed by atoms with Crippen molar-refractivity contribution in [1.82, 2.24) is 0 Å². The second kappa shape index (κ2) is 10.7. The number of alkyl halides is 3. The lowest BCUT2D eigenvalue weighted by Crippen LogP contribution is -2.24. The molecule has 8 nitrogen and oxygen atoms in total. The molecule has 0 saturated carbocycles. The summed E-state index contributed by atoms with van der Waals surface area (Å²) in [7, 11) is -3.80. The third-order valence-electron chi connectivity index (χ3n) is 3.64. The van der Waals surface area contributed by atoms with Crippen molar-refractivity contribution in [2.75, 3.05) is 22.7 Å². The Labute approximate surface area is 184 Å². The van der Waals surface area contributed by atoms with Crippen LogP contribution in [-0.4, -0.2) is 49.8 Å². The van der Waals surface area contributed by atoms with Crippen LogP contribution in [0, 0.1) is 0 Å². The number of aromatic carboxylic acids is 1. The van der Waals surface area contributed by atoms with E-state index in [4.69, 9.17) is 21.5 Å². The number of carboxylic acids is 2. The van der Waals surface area contributed by atoms with Gasteiger partial charge in [-0.05, 0) is 44.2 Å². The second-order valence-corrected chi connectivity index (χ2v) is 9.30. The highest BCUT2D eigenvalue weighted by Crippen LogP contribution is 2.29. The van der Waals surface area contributed by atoms with Gasteiger partial charge in [-0.2, -0.15) is 13.2 Å². The molecular formula is C17H18ClF3N2O6S2. The van der Waals surface area contributed by atoms with Crippen LogP contribution in [0.3, 0.4) is 0 Å². The smallest absolute Gasteiger partial charge is 0.478 e. The minimum Gasteiger partial charge on any atom is -0.478 e. The minimum absolute atomic E-state index is 0.0445. The van der Waals surface area contributed by atoms with Gasteiger partial charge in [-0.1, -0.05) is 11.6 Å². The summed E-state index contributed by atoms with van der Waals surface area (Å²) >= 11 is 6.70. The van der Waals surface area contributed by atoms with E-state index in [1.54, 1.807) is 12.1 Å². The number of benzene rings is 1. The lowest BCUT2D eigenvalue weighted by Gasteiger charge is -2.23. The highest BCUT2D eigenvalue weighted by Gasteiger charge is 2.38. The van der Waals surface area contributed by atoms with Crippen LogP contribution in [0.4, 0.5) is 24.5 Å². The second-order valence-electron chi connectivity index (χ2n) is 5.68. The molecular weight excluding hydrogens is 485 g/mol. The molecule has 1 aromatic heterocycles. The molecule has 2 aromatic rings. The molecule has 0 atom stereocenters. The summed E-state index contributed by atoms with van der Waals surface area (Å²) in [4.78, 5) is 22.3. The number of nitrogens with zero attached hydrogens (tertiary/aromatic N) is 1. The Morgan fingerprint density at radius 3 is 2.06 bits per heavy atom. The first-order valence-corrected chi connectivity index (χ1v) is 11.1. The van der Waals surface area contributed by atoms with Gasteiger partial charge in [-0.3, -0.25) is 4.72 Å². The van der Waals surface area contributed by atoms with Crippen molar-refractivity contribution in [3.8, 4) is 0 Å². The van der Waals surface area contributed by atoms with E-state index >= 15 is 0 Å². The zero-order valence-corrected chi connectivity index (χ0v) is 18.5. The van der Waals surface area contributed by atoms with Crippen molar-refractivity contribution in [1.29, 1.82) is 0 Å². The monoisotopic (exact) mass is 502 g/mol. The molecule has 0 spiro atoms. The van der Waals surface area contributed by atoms with Crippen LogP contribution in [0.25, 0.3) is 0 Å². The van der Waals surface area contributed by atoms with E-state index in [0.29, 0.717) is 23.1 Å². The molecule has 1 heterocycles. The van der Waals surface area contributed by atoms with Gasteiger partial charge in [0.1, 0.15) is 4.21 Å². The highest BCUT2D eigenvalue weighted by molar-refractivity contribution is 7.94. The fourth-order valence-electron chi connectivity index (χ4n) is 2.26. The first-order valence-electron chi connectivity index (χ1n) is 8.43. The van der Waals surface area contributed by atoms with Crippen molar-refractivity contribution in [3.63, 3.8) is 0 Å². The molecule has 0 radical (unpaired) electrons. The van der Waals surface area contributed by atoms with E-state index < -0.39 is 28.1 Å². The summed E-state index contributed by atoms with van der Waals surface area (Å²) in [6.07, 6.45) is -5.08. The zero-order chi connectivity index (χ0) is 24.0. The SMILES string of the molecule is CCN(CC)c1ccc(NS(=O)(=O)c2ccc(Cl)s2)cc1C(=O)O.O=C(O)C(F)(F)F. The average Bonchev–Trinajstić information content (AvgIpc) is 3.10. The van der Waals surface area contributed by atoms with Crippen molar-refractivity contribution in [2.24, 2.45) is 0 Å². The van der Waals surface area contributed by atoms with Gasteiger partial charge in [-0.15, -0.1) is 11.3 Å². The van der Waals surface area contributed by atoms with E-state index in [-0.39, 0.29) is 15.5 Å². The van der Waals surface area contributed by atoms with Crippen LogP contribution < -0.4 is 9.62 Å².